The fourth-order valence-electron chi connectivity index (χ4n) is 1.16. The molecule has 0 spiro atoms. The van der Waals surface area contributed by atoms with Gasteiger partial charge in [-0.15, -0.1) is 11.3 Å². The lowest BCUT2D eigenvalue weighted by Gasteiger charge is -2.09. The van der Waals surface area contributed by atoms with Crippen LogP contribution in [-0.4, -0.2) is 30.8 Å². The molecule has 0 aliphatic rings. The van der Waals surface area contributed by atoms with Crippen LogP contribution in [0.25, 0.3) is 0 Å². The minimum Gasteiger partial charge on any atom is -0.469 e. The Kier molecular flexibility index (Phi) is 5.97. The van der Waals surface area contributed by atoms with Crippen molar-refractivity contribution in [3.05, 3.63) is 20.8 Å². The lowest BCUT2D eigenvalue weighted by atomic mass is 10.2. The van der Waals surface area contributed by atoms with Crippen molar-refractivity contribution in [3.8, 4) is 0 Å². The first-order valence-corrected chi connectivity index (χ1v) is 6.47. The van der Waals surface area contributed by atoms with Gasteiger partial charge in [0.2, 0.25) is 0 Å². The molecule has 1 aromatic heterocycles. The van der Waals surface area contributed by atoms with Crippen LogP contribution in [0.5, 0.6) is 0 Å². The fraction of sp³-hybridized carbons (Fsp3) is 0.500. The van der Waals surface area contributed by atoms with E-state index in [9.17, 15) is 9.90 Å². The van der Waals surface area contributed by atoms with Crippen molar-refractivity contribution < 1.29 is 14.6 Å². The largest absolute Gasteiger partial charge is 0.469 e. The summed E-state index contributed by atoms with van der Waals surface area (Å²) in [6.07, 6.45) is -0.673. The molecule has 0 saturated carbocycles. The van der Waals surface area contributed by atoms with Crippen molar-refractivity contribution in [1.82, 2.24) is 5.32 Å². The highest BCUT2D eigenvalue weighted by Crippen LogP contribution is 2.19. The highest BCUT2D eigenvalue weighted by Gasteiger charge is 2.10. The maximum Gasteiger partial charge on any atom is 0.308 e. The van der Waals surface area contributed by atoms with Gasteiger partial charge in [0.1, 0.15) is 0 Å². The van der Waals surface area contributed by atoms with Crippen molar-refractivity contribution in [3.63, 3.8) is 0 Å². The van der Waals surface area contributed by atoms with E-state index in [1.165, 1.54) is 12.0 Å². The molecule has 0 aromatic carbocycles. The van der Waals surface area contributed by atoms with Crippen LogP contribution >= 0.6 is 27.3 Å². The van der Waals surface area contributed by atoms with Crippen LogP contribution in [-0.2, 0) is 16.1 Å². The minimum atomic E-state index is -0.698. The molecule has 1 unspecified atom stereocenters. The number of nitrogens with one attached hydrogen (secondary N) is 1. The van der Waals surface area contributed by atoms with Gasteiger partial charge in [-0.2, -0.15) is 0 Å². The molecule has 0 amide bonds. The molecule has 90 valence electrons. The minimum absolute atomic E-state index is 0.0254. The second-order valence-electron chi connectivity index (χ2n) is 3.30. The van der Waals surface area contributed by atoms with Gasteiger partial charge < -0.3 is 15.2 Å². The number of hydrogen-bond donors (Lipinski definition) is 2. The number of halogens is 1. The number of rotatable bonds is 6. The highest BCUT2D eigenvalue weighted by molar-refractivity contribution is 9.10. The third-order valence-corrected chi connectivity index (χ3v) is 3.63. The predicted molar refractivity (Wildman–Crippen MR) is 66.4 cm³/mol. The maximum atomic E-state index is 10.8. The standard InChI is InChI=1S/C10H14BrNO3S/c1-15-10(14)3-8(13)4-12-5-9-2-7(11)6-16-9/h2,6,8,12-13H,3-5H2,1H3. The van der Waals surface area contributed by atoms with E-state index < -0.39 is 12.1 Å². The number of aliphatic hydroxyl groups excluding tert-OH is 1. The second kappa shape index (κ2) is 7.01. The summed E-state index contributed by atoms with van der Waals surface area (Å²) in [6.45, 7) is 1.07. The number of carbonyl (C=O) groups excluding carboxylic acids is 1. The Morgan fingerprint density at radius 2 is 2.50 bits per heavy atom. The van der Waals surface area contributed by atoms with Crippen molar-refractivity contribution >= 4 is 33.2 Å². The zero-order chi connectivity index (χ0) is 12.0. The number of aliphatic hydroxyl groups is 1. The van der Waals surface area contributed by atoms with E-state index in [1.807, 2.05) is 11.4 Å². The first-order chi connectivity index (χ1) is 7.61. The molecular weight excluding hydrogens is 294 g/mol. The van der Waals surface area contributed by atoms with Gasteiger partial charge in [0.25, 0.3) is 0 Å². The first-order valence-electron chi connectivity index (χ1n) is 4.80. The molecule has 0 saturated heterocycles. The predicted octanol–water partition coefficient (Wildman–Crippen LogP) is 1.52. The molecule has 0 aliphatic heterocycles. The Morgan fingerprint density at radius 3 is 3.06 bits per heavy atom. The molecule has 6 heteroatoms. The summed E-state index contributed by atoms with van der Waals surface area (Å²) < 4.78 is 5.52. The molecule has 0 radical (unpaired) electrons. The van der Waals surface area contributed by atoms with E-state index in [0.717, 1.165) is 4.47 Å². The average Bonchev–Trinajstić information content (AvgIpc) is 2.64. The number of esters is 1. The highest BCUT2D eigenvalue weighted by atomic mass is 79.9. The summed E-state index contributed by atoms with van der Waals surface area (Å²) in [5, 5.41) is 14.5. The van der Waals surface area contributed by atoms with E-state index in [-0.39, 0.29) is 6.42 Å². The van der Waals surface area contributed by atoms with Gasteiger partial charge in [-0.25, -0.2) is 0 Å². The van der Waals surface area contributed by atoms with E-state index in [4.69, 9.17) is 0 Å². The van der Waals surface area contributed by atoms with Crippen LogP contribution in [0.4, 0.5) is 0 Å². The van der Waals surface area contributed by atoms with Crippen molar-refractivity contribution in [1.29, 1.82) is 0 Å². The summed E-state index contributed by atoms with van der Waals surface area (Å²) in [5.74, 6) is -0.395. The van der Waals surface area contributed by atoms with E-state index in [0.29, 0.717) is 13.1 Å². The molecule has 0 fully saturated rings. The molecular formula is C10H14BrNO3S. The Labute approximate surface area is 107 Å². The van der Waals surface area contributed by atoms with Gasteiger partial charge in [0.15, 0.2) is 0 Å². The van der Waals surface area contributed by atoms with E-state index in [1.54, 1.807) is 11.3 Å². The number of hydrogen-bond acceptors (Lipinski definition) is 5. The Balaban J connectivity index is 2.17. The molecule has 2 N–H and O–H groups in total. The lowest BCUT2D eigenvalue weighted by Crippen LogP contribution is -2.28. The van der Waals surface area contributed by atoms with Crippen LogP contribution in [0, 0.1) is 0 Å². The third kappa shape index (κ3) is 5.07. The quantitative estimate of drug-likeness (QED) is 0.783. The third-order valence-electron chi connectivity index (χ3n) is 1.93. The Bertz CT molecular complexity index is 343. The SMILES string of the molecule is COC(=O)CC(O)CNCc1cc(Br)cs1. The second-order valence-corrected chi connectivity index (χ2v) is 5.21. The topological polar surface area (TPSA) is 58.6 Å². The normalized spacial score (nSPS) is 12.4. The van der Waals surface area contributed by atoms with Crippen molar-refractivity contribution in [2.45, 2.75) is 19.1 Å². The Hall–Kier alpha value is -0.430. The van der Waals surface area contributed by atoms with E-state index >= 15 is 0 Å². The summed E-state index contributed by atoms with van der Waals surface area (Å²) in [4.78, 5) is 12.0. The van der Waals surface area contributed by atoms with Gasteiger partial charge in [-0.05, 0) is 22.0 Å². The van der Waals surface area contributed by atoms with Crippen LogP contribution in [0.1, 0.15) is 11.3 Å². The van der Waals surface area contributed by atoms with Gasteiger partial charge in [-0.1, -0.05) is 0 Å². The summed E-state index contributed by atoms with van der Waals surface area (Å²) in [7, 11) is 1.31. The van der Waals surface area contributed by atoms with Crippen molar-refractivity contribution in [2.24, 2.45) is 0 Å². The number of methoxy groups -OCH3 is 1. The molecule has 0 aliphatic carbocycles. The molecule has 0 bridgehead atoms. The van der Waals surface area contributed by atoms with Crippen LogP contribution in [0.15, 0.2) is 15.9 Å². The van der Waals surface area contributed by atoms with Crippen molar-refractivity contribution in [2.75, 3.05) is 13.7 Å². The molecule has 1 aromatic rings. The van der Waals surface area contributed by atoms with Crippen LogP contribution < -0.4 is 5.32 Å². The summed E-state index contributed by atoms with van der Waals surface area (Å²) in [6, 6.07) is 2.02. The van der Waals surface area contributed by atoms with Crippen LogP contribution in [0.2, 0.25) is 0 Å². The van der Waals surface area contributed by atoms with E-state index in [2.05, 4.69) is 26.0 Å². The monoisotopic (exact) mass is 307 g/mol. The van der Waals surface area contributed by atoms with Gasteiger partial charge in [0, 0.05) is 27.8 Å². The zero-order valence-electron chi connectivity index (χ0n) is 8.90. The lowest BCUT2D eigenvalue weighted by molar-refractivity contribution is -0.142. The number of thiophene rings is 1. The molecule has 1 atom stereocenters. The molecule has 4 nitrogen and oxygen atoms in total. The Morgan fingerprint density at radius 1 is 1.75 bits per heavy atom. The smallest absolute Gasteiger partial charge is 0.308 e. The maximum absolute atomic E-state index is 10.8. The van der Waals surface area contributed by atoms with Gasteiger partial charge in [-0.3, -0.25) is 4.79 Å². The first kappa shape index (κ1) is 13.6. The summed E-state index contributed by atoms with van der Waals surface area (Å²) in [5.41, 5.74) is 0. The van der Waals surface area contributed by atoms with Gasteiger partial charge >= 0.3 is 5.97 Å². The van der Waals surface area contributed by atoms with Gasteiger partial charge in [0.05, 0.1) is 19.6 Å². The molecule has 1 rings (SSSR count). The zero-order valence-corrected chi connectivity index (χ0v) is 11.3. The fourth-order valence-corrected chi connectivity index (χ4v) is 2.58. The molecule has 16 heavy (non-hydrogen) atoms. The number of ether oxygens (including phenoxy) is 1. The summed E-state index contributed by atoms with van der Waals surface area (Å²) >= 11 is 5.00. The van der Waals surface area contributed by atoms with Crippen LogP contribution in [0.3, 0.4) is 0 Å². The number of carbonyl (C=O) groups is 1. The average molecular weight is 308 g/mol. The molecule has 1 heterocycles.